The first-order chi connectivity index (χ1) is 13.1. The molecule has 7 heteroatoms. The molecule has 27 heavy (non-hydrogen) atoms. The highest BCUT2D eigenvalue weighted by atomic mass is 32.1. The van der Waals surface area contributed by atoms with Crippen LogP contribution in [-0.4, -0.2) is 57.2 Å². The van der Waals surface area contributed by atoms with Gasteiger partial charge in [0.25, 0.3) is 0 Å². The number of rotatable bonds is 9. The monoisotopic (exact) mass is 389 g/mol. The van der Waals surface area contributed by atoms with Gasteiger partial charge in [-0.15, -0.1) is 11.3 Å². The van der Waals surface area contributed by atoms with E-state index in [0.717, 1.165) is 37.6 Å². The Morgan fingerprint density at radius 3 is 2.56 bits per heavy atom. The maximum atomic E-state index is 5.25. The largest absolute Gasteiger partial charge is 0.497 e. The highest BCUT2D eigenvalue weighted by Gasteiger charge is 2.15. The zero-order valence-corrected chi connectivity index (χ0v) is 17.8. The molecule has 0 aliphatic rings. The fourth-order valence-electron chi connectivity index (χ4n) is 2.75. The SMILES string of the molecule is CCc1cnc(CCNC(=NC)NCC(c2ccc(OC)cc2)N(C)C)s1. The third kappa shape index (κ3) is 6.52. The van der Waals surface area contributed by atoms with Gasteiger partial charge in [0.15, 0.2) is 5.96 Å². The third-order valence-corrected chi connectivity index (χ3v) is 5.59. The molecule has 0 bridgehead atoms. The van der Waals surface area contributed by atoms with Crippen LogP contribution in [-0.2, 0) is 12.8 Å². The highest BCUT2D eigenvalue weighted by molar-refractivity contribution is 7.11. The third-order valence-electron chi connectivity index (χ3n) is 4.39. The number of benzene rings is 1. The maximum absolute atomic E-state index is 5.25. The molecule has 1 atom stereocenters. The van der Waals surface area contributed by atoms with Crippen molar-refractivity contribution in [3.05, 3.63) is 45.9 Å². The Morgan fingerprint density at radius 1 is 1.26 bits per heavy atom. The number of ether oxygens (including phenoxy) is 1. The first kappa shape index (κ1) is 21.2. The second-order valence-electron chi connectivity index (χ2n) is 6.46. The van der Waals surface area contributed by atoms with Gasteiger partial charge < -0.3 is 20.3 Å². The smallest absolute Gasteiger partial charge is 0.191 e. The van der Waals surface area contributed by atoms with Gasteiger partial charge in [0.1, 0.15) is 5.75 Å². The molecule has 2 rings (SSSR count). The lowest BCUT2D eigenvalue weighted by Crippen LogP contribution is -2.42. The van der Waals surface area contributed by atoms with Gasteiger partial charge in [0, 0.05) is 37.6 Å². The zero-order chi connectivity index (χ0) is 19.6. The number of nitrogens with one attached hydrogen (secondary N) is 2. The summed E-state index contributed by atoms with van der Waals surface area (Å²) >= 11 is 1.79. The number of hydrogen-bond donors (Lipinski definition) is 2. The lowest BCUT2D eigenvalue weighted by molar-refractivity contribution is 0.298. The Labute approximate surface area is 166 Å². The van der Waals surface area contributed by atoms with E-state index in [4.69, 9.17) is 4.74 Å². The van der Waals surface area contributed by atoms with Crippen LogP contribution in [0.1, 0.15) is 28.4 Å². The number of nitrogens with zero attached hydrogens (tertiary/aromatic N) is 3. The van der Waals surface area contributed by atoms with Crippen LogP contribution in [0, 0.1) is 0 Å². The van der Waals surface area contributed by atoms with Crippen molar-refractivity contribution in [2.24, 2.45) is 4.99 Å². The minimum Gasteiger partial charge on any atom is -0.497 e. The van der Waals surface area contributed by atoms with Crippen LogP contribution in [0.3, 0.4) is 0 Å². The Bertz CT molecular complexity index is 711. The van der Waals surface area contributed by atoms with E-state index in [1.807, 2.05) is 18.3 Å². The molecule has 0 spiro atoms. The number of aliphatic imine (C=N–C) groups is 1. The molecule has 0 amide bonds. The minimum absolute atomic E-state index is 0.237. The summed E-state index contributed by atoms with van der Waals surface area (Å²) < 4.78 is 5.25. The van der Waals surface area contributed by atoms with Gasteiger partial charge in [0.05, 0.1) is 18.2 Å². The fourth-order valence-corrected chi connectivity index (χ4v) is 3.62. The Hall–Kier alpha value is -2.12. The highest BCUT2D eigenvalue weighted by Crippen LogP contribution is 2.20. The molecule has 0 aliphatic carbocycles. The van der Waals surface area contributed by atoms with Crippen molar-refractivity contribution in [3.8, 4) is 5.75 Å². The van der Waals surface area contributed by atoms with E-state index in [-0.39, 0.29) is 6.04 Å². The van der Waals surface area contributed by atoms with Gasteiger partial charge >= 0.3 is 0 Å². The van der Waals surface area contributed by atoms with E-state index in [0.29, 0.717) is 0 Å². The summed E-state index contributed by atoms with van der Waals surface area (Å²) in [4.78, 5) is 12.3. The minimum atomic E-state index is 0.237. The van der Waals surface area contributed by atoms with Gasteiger partial charge in [-0.25, -0.2) is 4.98 Å². The zero-order valence-electron chi connectivity index (χ0n) is 17.0. The summed E-state index contributed by atoms with van der Waals surface area (Å²) in [7, 11) is 7.65. The van der Waals surface area contributed by atoms with E-state index in [1.165, 1.54) is 15.4 Å². The first-order valence-corrected chi connectivity index (χ1v) is 10.1. The number of methoxy groups -OCH3 is 1. The average molecular weight is 390 g/mol. The molecule has 6 nitrogen and oxygen atoms in total. The normalized spacial score (nSPS) is 12.9. The molecule has 1 unspecified atom stereocenters. The van der Waals surface area contributed by atoms with E-state index in [9.17, 15) is 0 Å². The molecule has 0 radical (unpaired) electrons. The van der Waals surface area contributed by atoms with Crippen LogP contribution < -0.4 is 15.4 Å². The summed E-state index contributed by atoms with van der Waals surface area (Å²) in [5.41, 5.74) is 1.23. The summed E-state index contributed by atoms with van der Waals surface area (Å²) in [5, 5.41) is 7.97. The van der Waals surface area contributed by atoms with Gasteiger partial charge in [-0.2, -0.15) is 0 Å². The number of aryl methyl sites for hydroxylation is 1. The van der Waals surface area contributed by atoms with Crippen molar-refractivity contribution < 1.29 is 4.74 Å². The predicted molar refractivity (Wildman–Crippen MR) is 114 cm³/mol. The van der Waals surface area contributed by atoms with E-state index in [1.54, 1.807) is 25.5 Å². The maximum Gasteiger partial charge on any atom is 0.191 e. The molecule has 1 aromatic carbocycles. The summed E-state index contributed by atoms with van der Waals surface area (Å²) in [6, 6.07) is 8.44. The number of thiazole rings is 1. The summed E-state index contributed by atoms with van der Waals surface area (Å²) in [6.07, 6.45) is 3.93. The molecule has 2 N–H and O–H groups in total. The molecular formula is C20H31N5OS. The molecule has 2 aromatic rings. The summed E-state index contributed by atoms with van der Waals surface area (Å²) in [5.74, 6) is 1.68. The predicted octanol–water partition coefficient (Wildman–Crippen LogP) is 2.72. The van der Waals surface area contributed by atoms with Crippen LogP contribution in [0.4, 0.5) is 0 Å². The van der Waals surface area contributed by atoms with Crippen LogP contribution in [0.25, 0.3) is 0 Å². The van der Waals surface area contributed by atoms with Crippen molar-refractivity contribution in [2.75, 3.05) is 41.3 Å². The Balaban J connectivity index is 1.86. The second kappa shape index (κ2) is 10.9. The first-order valence-electron chi connectivity index (χ1n) is 9.25. The van der Waals surface area contributed by atoms with Crippen LogP contribution in [0.5, 0.6) is 5.75 Å². The van der Waals surface area contributed by atoms with E-state index in [2.05, 4.69) is 58.7 Å². The molecular weight excluding hydrogens is 358 g/mol. The summed E-state index contributed by atoms with van der Waals surface area (Å²) in [6.45, 7) is 3.73. The van der Waals surface area contributed by atoms with Gasteiger partial charge in [-0.3, -0.25) is 4.99 Å². The molecule has 1 aromatic heterocycles. The second-order valence-corrected chi connectivity index (χ2v) is 7.66. The van der Waals surface area contributed by atoms with Crippen LogP contribution in [0.2, 0.25) is 0 Å². The number of hydrogen-bond acceptors (Lipinski definition) is 5. The number of aromatic nitrogens is 1. The quantitative estimate of drug-likeness (QED) is 0.510. The lowest BCUT2D eigenvalue weighted by atomic mass is 10.1. The topological polar surface area (TPSA) is 61.8 Å². The molecule has 148 valence electrons. The Kier molecular flexibility index (Phi) is 8.54. The average Bonchev–Trinajstić information content (AvgIpc) is 3.15. The van der Waals surface area contributed by atoms with Gasteiger partial charge in [0.2, 0.25) is 0 Å². The van der Waals surface area contributed by atoms with Crippen LogP contribution in [0.15, 0.2) is 35.5 Å². The van der Waals surface area contributed by atoms with Crippen LogP contribution >= 0.6 is 11.3 Å². The molecule has 0 aliphatic heterocycles. The molecule has 1 heterocycles. The van der Waals surface area contributed by atoms with Gasteiger partial charge in [-0.05, 0) is 38.2 Å². The fraction of sp³-hybridized carbons (Fsp3) is 0.500. The lowest BCUT2D eigenvalue weighted by Gasteiger charge is -2.26. The van der Waals surface area contributed by atoms with Gasteiger partial charge in [-0.1, -0.05) is 19.1 Å². The van der Waals surface area contributed by atoms with Crippen molar-refractivity contribution in [1.29, 1.82) is 0 Å². The number of likely N-dealkylation sites (N-methyl/N-ethyl adjacent to an activating group) is 1. The van der Waals surface area contributed by atoms with Crippen molar-refractivity contribution in [3.63, 3.8) is 0 Å². The van der Waals surface area contributed by atoms with E-state index >= 15 is 0 Å². The molecule has 0 saturated carbocycles. The number of guanidine groups is 1. The molecule has 0 saturated heterocycles. The standard InChI is InChI=1S/C20H31N5OS/c1-6-17-13-23-19(27-17)11-12-22-20(21-2)24-14-18(25(3)4)15-7-9-16(26-5)10-8-15/h7-10,13,18H,6,11-12,14H2,1-5H3,(H2,21,22,24). The molecule has 0 fully saturated rings. The van der Waals surface area contributed by atoms with Crippen molar-refractivity contribution >= 4 is 17.3 Å². The van der Waals surface area contributed by atoms with E-state index < -0.39 is 0 Å². The van der Waals surface area contributed by atoms with Crippen molar-refractivity contribution in [2.45, 2.75) is 25.8 Å². The van der Waals surface area contributed by atoms with Crippen molar-refractivity contribution in [1.82, 2.24) is 20.5 Å². The Morgan fingerprint density at radius 2 is 2.00 bits per heavy atom.